The molecule has 16 heavy (non-hydrogen) atoms. The molecular formula is C10H8N2O3S. The summed E-state index contributed by atoms with van der Waals surface area (Å²) in [6.45, 7) is 0. The molecule has 0 aliphatic rings. The van der Waals surface area contributed by atoms with E-state index < -0.39 is 5.97 Å². The van der Waals surface area contributed by atoms with Crippen LogP contribution in [0.3, 0.4) is 0 Å². The second kappa shape index (κ2) is 4.28. The molecule has 0 atom stereocenters. The summed E-state index contributed by atoms with van der Waals surface area (Å²) in [5, 5.41) is 11.4. The summed E-state index contributed by atoms with van der Waals surface area (Å²) in [4.78, 5) is 19.0. The SMILES string of the molecule is COc1cc(-c2nccs2)c(C(=O)O)cn1. The lowest BCUT2D eigenvalue weighted by atomic mass is 10.1. The minimum absolute atomic E-state index is 0.121. The fraction of sp³-hybridized carbons (Fsp3) is 0.100. The van der Waals surface area contributed by atoms with Crippen molar-refractivity contribution in [2.24, 2.45) is 0 Å². The molecule has 0 aliphatic carbocycles. The van der Waals surface area contributed by atoms with Crippen LogP contribution in [0.2, 0.25) is 0 Å². The molecular weight excluding hydrogens is 228 g/mol. The van der Waals surface area contributed by atoms with E-state index in [1.165, 1.54) is 24.6 Å². The highest BCUT2D eigenvalue weighted by atomic mass is 32.1. The van der Waals surface area contributed by atoms with Crippen LogP contribution in [0.1, 0.15) is 10.4 Å². The predicted octanol–water partition coefficient (Wildman–Crippen LogP) is 1.91. The van der Waals surface area contributed by atoms with Crippen LogP contribution < -0.4 is 4.74 Å². The number of rotatable bonds is 3. The second-order valence-electron chi connectivity index (χ2n) is 2.91. The summed E-state index contributed by atoms with van der Waals surface area (Å²) in [6.07, 6.45) is 2.90. The average Bonchev–Trinajstić information content (AvgIpc) is 2.81. The fourth-order valence-corrected chi connectivity index (χ4v) is 1.92. The lowest BCUT2D eigenvalue weighted by Gasteiger charge is -2.04. The minimum Gasteiger partial charge on any atom is -0.481 e. The Morgan fingerprint density at radius 2 is 2.31 bits per heavy atom. The van der Waals surface area contributed by atoms with E-state index in [4.69, 9.17) is 9.84 Å². The molecule has 0 saturated heterocycles. The van der Waals surface area contributed by atoms with Gasteiger partial charge in [-0.2, -0.15) is 0 Å². The number of methoxy groups -OCH3 is 1. The van der Waals surface area contributed by atoms with E-state index in [-0.39, 0.29) is 5.56 Å². The van der Waals surface area contributed by atoms with Crippen LogP contribution >= 0.6 is 11.3 Å². The van der Waals surface area contributed by atoms with Crippen LogP contribution in [0.5, 0.6) is 5.88 Å². The van der Waals surface area contributed by atoms with Crippen LogP contribution in [0, 0.1) is 0 Å². The van der Waals surface area contributed by atoms with Gasteiger partial charge in [0.1, 0.15) is 5.01 Å². The summed E-state index contributed by atoms with van der Waals surface area (Å²) < 4.78 is 4.96. The highest BCUT2D eigenvalue weighted by Gasteiger charge is 2.15. The molecule has 2 rings (SSSR count). The third-order valence-corrected chi connectivity index (χ3v) is 2.79. The summed E-state index contributed by atoms with van der Waals surface area (Å²) >= 11 is 1.37. The van der Waals surface area contributed by atoms with Gasteiger partial charge >= 0.3 is 5.97 Å². The first kappa shape index (κ1) is 10.6. The second-order valence-corrected chi connectivity index (χ2v) is 3.81. The van der Waals surface area contributed by atoms with Crippen LogP contribution in [-0.2, 0) is 0 Å². The van der Waals surface area contributed by atoms with Gasteiger partial charge < -0.3 is 9.84 Å². The number of aromatic carboxylic acids is 1. The van der Waals surface area contributed by atoms with Crippen molar-refractivity contribution in [1.29, 1.82) is 0 Å². The number of carbonyl (C=O) groups is 1. The first-order valence-electron chi connectivity index (χ1n) is 4.39. The van der Waals surface area contributed by atoms with Gasteiger partial charge in [-0.25, -0.2) is 14.8 Å². The molecule has 5 nitrogen and oxygen atoms in total. The van der Waals surface area contributed by atoms with Crippen molar-refractivity contribution in [2.75, 3.05) is 7.11 Å². The third-order valence-electron chi connectivity index (χ3n) is 1.98. The molecule has 0 fully saturated rings. The third kappa shape index (κ3) is 1.87. The van der Waals surface area contributed by atoms with Crippen LogP contribution in [0.4, 0.5) is 0 Å². The molecule has 0 spiro atoms. The van der Waals surface area contributed by atoms with Crippen molar-refractivity contribution < 1.29 is 14.6 Å². The quantitative estimate of drug-likeness (QED) is 0.881. The maximum Gasteiger partial charge on any atom is 0.337 e. The maximum atomic E-state index is 11.0. The fourth-order valence-electron chi connectivity index (χ4n) is 1.25. The summed E-state index contributed by atoms with van der Waals surface area (Å²) in [7, 11) is 1.48. The molecule has 82 valence electrons. The normalized spacial score (nSPS) is 10.1. The Balaban J connectivity index is 2.59. The molecule has 2 aromatic heterocycles. The topological polar surface area (TPSA) is 72.3 Å². The van der Waals surface area contributed by atoms with E-state index in [9.17, 15) is 4.79 Å². The number of ether oxygens (including phenoxy) is 1. The predicted molar refractivity (Wildman–Crippen MR) is 58.9 cm³/mol. The Morgan fingerprint density at radius 1 is 1.50 bits per heavy atom. The molecule has 2 aromatic rings. The number of aromatic nitrogens is 2. The van der Waals surface area contributed by atoms with E-state index in [0.717, 1.165) is 0 Å². The molecule has 0 aliphatic heterocycles. The van der Waals surface area contributed by atoms with Gasteiger partial charge in [0.25, 0.3) is 0 Å². The van der Waals surface area contributed by atoms with Gasteiger partial charge in [-0.15, -0.1) is 11.3 Å². The zero-order chi connectivity index (χ0) is 11.5. The summed E-state index contributed by atoms with van der Waals surface area (Å²) in [5.74, 6) is -0.657. The monoisotopic (exact) mass is 236 g/mol. The zero-order valence-corrected chi connectivity index (χ0v) is 9.19. The summed E-state index contributed by atoms with van der Waals surface area (Å²) in [5.41, 5.74) is 0.644. The lowest BCUT2D eigenvalue weighted by molar-refractivity contribution is 0.0697. The Morgan fingerprint density at radius 3 is 2.88 bits per heavy atom. The van der Waals surface area contributed by atoms with Crippen molar-refractivity contribution in [3.05, 3.63) is 29.4 Å². The van der Waals surface area contributed by atoms with Crippen LogP contribution in [0.25, 0.3) is 10.6 Å². The average molecular weight is 236 g/mol. The Kier molecular flexibility index (Phi) is 2.82. The zero-order valence-electron chi connectivity index (χ0n) is 8.38. The number of nitrogens with zero attached hydrogens (tertiary/aromatic N) is 2. The van der Waals surface area contributed by atoms with Crippen molar-refractivity contribution in [1.82, 2.24) is 9.97 Å². The molecule has 0 bridgehead atoms. The molecule has 1 N–H and O–H groups in total. The lowest BCUT2D eigenvalue weighted by Crippen LogP contribution is -2.01. The van der Waals surface area contributed by atoms with E-state index in [2.05, 4.69) is 9.97 Å². The first-order chi connectivity index (χ1) is 7.72. The van der Waals surface area contributed by atoms with E-state index in [1.807, 2.05) is 0 Å². The number of hydrogen-bond acceptors (Lipinski definition) is 5. The highest BCUT2D eigenvalue weighted by molar-refractivity contribution is 7.13. The standard InChI is InChI=1S/C10H8N2O3S/c1-15-8-4-6(9-11-2-3-16-9)7(5-12-8)10(13)14/h2-5H,1H3,(H,13,14). The number of thiazole rings is 1. The summed E-state index contributed by atoms with van der Waals surface area (Å²) in [6, 6.07) is 1.57. The van der Waals surface area contributed by atoms with Crippen molar-refractivity contribution in [2.45, 2.75) is 0 Å². The van der Waals surface area contributed by atoms with E-state index in [0.29, 0.717) is 16.5 Å². The highest BCUT2D eigenvalue weighted by Crippen LogP contribution is 2.27. The Hall–Kier alpha value is -1.95. The smallest absolute Gasteiger partial charge is 0.337 e. The molecule has 0 aromatic carbocycles. The number of pyridine rings is 1. The van der Waals surface area contributed by atoms with Crippen molar-refractivity contribution in [3.8, 4) is 16.5 Å². The van der Waals surface area contributed by atoms with Crippen LogP contribution in [-0.4, -0.2) is 28.2 Å². The Labute approximate surface area is 95.4 Å². The largest absolute Gasteiger partial charge is 0.481 e. The van der Waals surface area contributed by atoms with Gasteiger partial charge in [0.15, 0.2) is 0 Å². The van der Waals surface area contributed by atoms with E-state index in [1.54, 1.807) is 17.6 Å². The number of hydrogen-bond donors (Lipinski definition) is 1. The van der Waals surface area contributed by atoms with Crippen LogP contribution in [0.15, 0.2) is 23.8 Å². The van der Waals surface area contributed by atoms with Gasteiger partial charge in [-0.1, -0.05) is 0 Å². The molecule has 0 saturated carbocycles. The minimum atomic E-state index is -1.03. The molecule has 0 radical (unpaired) electrons. The first-order valence-corrected chi connectivity index (χ1v) is 5.27. The molecule has 0 amide bonds. The maximum absolute atomic E-state index is 11.0. The van der Waals surface area contributed by atoms with Gasteiger partial charge in [0.2, 0.25) is 5.88 Å². The molecule has 0 unspecified atom stereocenters. The van der Waals surface area contributed by atoms with Gasteiger partial charge in [-0.05, 0) is 0 Å². The van der Waals surface area contributed by atoms with Crippen molar-refractivity contribution >= 4 is 17.3 Å². The van der Waals surface area contributed by atoms with Gasteiger partial charge in [0, 0.05) is 29.4 Å². The number of carboxylic acid groups (broad SMARTS) is 1. The van der Waals surface area contributed by atoms with Gasteiger partial charge in [0.05, 0.1) is 12.7 Å². The Bertz CT molecular complexity index is 511. The van der Waals surface area contributed by atoms with E-state index >= 15 is 0 Å². The van der Waals surface area contributed by atoms with Gasteiger partial charge in [-0.3, -0.25) is 0 Å². The molecule has 6 heteroatoms. The number of carboxylic acids is 1. The van der Waals surface area contributed by atoms with Crippen molar-refractivity contribution in [3.63, 3.8) is 0 Å². The molecule has 2 heterocycles.